The van der Waals surface area contributed by atoms with Gasteiger partial charge in [-0.05, 0) is 57.4 Å². The van der Waals surface area contributed by atoms with Crippen molar-refractivity contribution in [3.8, 4) is 17.1 Å². The molecule has 2 saturated carbocycles. The quantitative estimate of drug-likeness (QED) is 0.521. The predicted molar refractivity (Wildman–Crippen MR) is 130 cm³/mol. The minimum Gasteiger partial charge on any atom is -0.481 e. The van der Waals surface area contributed by atoms with E-state index < -0.39 is 22.9 Å². The molecule has 3 heterocycles. The molecule has 0 bridgehead atoms. The number of likely N-dealkylation sites (tertiary alicyclic amines) is 1. The Morgan fingerprint density at radius 3 is 2.55 bits per heavy atom. The van der Waals surface area contributed by atoms with E-state index in [9.17, 15) is 27.9 Å². The van der Waals surface area contributed by atoms with Crippen molar-refractivity contribution in [1.29, 1.82) is 0 Å². The van der Waals surface area contributed by atoms with Gasteiger partial charge in [-0.2, -0.15) is 5.10 Å². The van der Waals surface area contributed by atoms with E-state index >= 15 is 0 Å². The Bertz CT molecular complexity index is 1220. The maximum absolute atomic E-state index is 14.3. The number of carbonyl (C=O) groups is 2. The molecule has 3 N–H and O–H groups in total. The smallest absolute Gasteiger partial charge is 0.274 e. The summed E-state index contributed by atoms with van der Waals surface area (Å²) in [5.74, 6) is -4.24. The monoisotopic (exact) mass is 535 g/mol. The largest absolute Gasteiger partial charge is 0.481 e. The zero-order valence-corrected chi connectivity index (χ0v) is 21.4. The first kappa shape index (κ1) is 26.5. The van der Waals surface area contributed by atoms with Gasteiger partial charge in [0.1, 0.15) is 5.60 Å². The number of nitrogens with zero attached hydrogens (tertiary/aromatic N) is 3. The first-order chi connectivity index (χ1) is 17.9. The fraction of sp³-hybridized carbons (Fsp3) is 0.615. The van der Waals surface area contributed by atoms with E-state index in [0.29, 0.717) is 37.9 Å². The standard InChI is InChI=1S/C26H32F3N5O4/c1-24(28,29)26(37)6-3-16(4-7-26)31-22(35)15-5-10-34(25(13-15)8-9-25)23(36)20-12-19(32-33-20)17-11-21(38-2)30-14-18(17)27/h11-12,14-16,37H,3-10,13H2,1-2H3,(H,31,35)(H,32,33)/t15-,16-,26+/m0/s1. The minimum atomic E-state index is -3.19. The van der Waals surface area contributed by atoms with Crippen molar-refractivity contribution in [2.24, 2.45) is 5.92 Å². The summed E-state index contributed by atoms with van der Waals surface area (Å²) < 4.78 is 46.8. The Morgan fingerprint density at radius 2 is 1.92 bits per heavy atom. The minimum absolute atomic E-state index is 0.0693. The molecule has 0 aromatic carbocycles. The van der Waals surface area contributed by atoms with E-state index in [-0.39, 0.29) is 53.8 Å². The van der Waals surface area contributed by atoms with Crippen LogP contribution in [0.3, 0.4) is 0 Å². The van der Waals surface area contributed by atoms with Crippen LogP contribution in [-0.2, 0) is 4.79 Å². The van der Waals surface area contributed by atoms with Gasteiger partial charge in [0.2, 0.25) is 11.8 Å². The second kappa shape index (κ2) is 9.55. The van der Waals surface area contributed by atoms with Gasteiger partial charge < -0.3 is 20.1 Å². The topological polar surface area (TPSA) is 120 Å². The van der Waals surface area contributed by atoms with E-state index in [1.165, 1.54) is 19.2 Å². The lowest BCUT2D eigenvalue weighted by atomic mass is 9.78. The van der Waals surface area contributed by atoms with Crippen LogP contribution in [0.25, 0.3) is 11.3 Å². The van der Waals surface area contributed by atoms with Gasteiger partial charge in [-0.25, -0.2) is 18.2 Å². The molecule has 0 unspecified atom stereocenters. The summed E-state index contributed by atoms with van der Waals surface area (Å²) >= 11 is 0. The predicted octanol–water partition coefficient (Wildman–Crippen LogP) is 3.45. The molecular weight excluding hydrogens is 503 g/mol. The Balaban J connectivity index is 1.20. The summed E-state index contributed by atoms with van der Waals surface area (Å²) in [5.41, 5.74) is -1.78. The van der Waals surface area contributed by atoms with E-state index in [4.69, 9.17) is 4.74 Å². The number of hydrogen-bond donors (Lipinski definition) is 3. The van der Waals surface area contributed by atoms with Crippen molar-refractivity contribution < 1.29 is 32.6 Å². The number of aliphatic hydroxyl groups is 1. The number of methoxy groups -OCH3 is 1. The third-order valence-corrected chi connectivity index (χ3v) is 8.45. The first-order valence-electron chi connectivity index (χ1n) is 12.9. The van der Waals surface area contributed by atoms with Gasteiger partial charge in [-0.15, -0.1) is 0 Å². The number of pyridine rings is 1. The Morgan fingerprint density at radius 1 is 1.21 bits per heavy atom. The van der Waals surface area contributed by atoms with Crippen LogP contribution in [0, 0.1) is 11.7 Å². The zero-order valence-electron chi connectivity index (χ0n) is 21.4. The fourth-order valence-corrected chi connectivity index (χ4v) is 5.79. The molecule has 1 spiro atoms. The van der Waals surface area contributed by atoms with Crippen molar-refractivity contribution in [3.63, 3.8) is 0 Å². The molecule has 1 aliphatic heterocycles. The third kappa shape index (κ3) is 4.85. The lowest BCUT2D eigenvalue weighted by Gasteiger charge is -2.41. The number of alkyl halides is 2. The molecule has 206 valence electrons. The SMILES string of the molecule is COc1cc(-c2cc(C(=O)N3CC[C@H](C(=O)N[C@H]4CC[C@](O)(C(C)(F)F)CC4)CC34CC4)n[nH]2)c(F)cn1. The summed E-state index contributed by atoms with van der Waals surface area (Å²) in [6, 6.07) is 2.67. The molecule has 0 radical (unpaired) electrons. The summed E-state index contributed by atoms with van der Waals surface area (Å²) in [4.78, 5) is 32.0. The number of ether oxygens (including phenoxy) is 1. The first-order valence-corrected chi connectivity index (χ1v) is 12.9. The molecular formula is C26H32F3N5O4. The van der Waals surface area contributed by atoms with Crippen LogP contribution >= 0.6 is 0 Å². The number of aromatic nitrogens is 3. The molecule has 2 aromatic rings. The van der Waals surface area contributed by atoms with E-state index in [0.717, 1.165) is 26.0 Å². The number of piperidine rings is 1. The van der Waals surface area contributed by atoms with Crippen molar-refractivity contribution in [1.82, 2.24) is 25.4 Å². The molecule has 1 atom stereocenters. The lowest BCUT2D eigenvalue weighted by Crippen LogP contribution is -2.54. The highest BCUT2D eigenvalue weighted by Gasteiger charge is 2.55. The fourth-order valence-electron chi connectivity index (χ4n) is 5.79. The number of nitrogens with one attached hydrogen (secondary N) is 2. The molecule has 1 saturated heterocycles. The molecule has 3 aliphatic rings. The van der Waals surface area contributed by atoms with Gasteiger partial charge in [-0.3, -0.25) is 14.7 Å². The summed E-state index contributed by atoms with van der Waals surface area (Å²) in [6.45, 7) is 1.11. The molecule has 2 aromatic heterocycles. The number of halogens is 3. The van der Waals surface area contributed by atoms with Crippen LogP contribution in [0.5, 0.6) is 5.88 Å². The van der Waals surface area contributed by atoms with Crippen molar-refractivity contribution in [3.05, 3.63) is 29.8 Å². The van der Waals surface area contributed by atoms with Crippen molar-refractivity contribution in [2.75, 3.05) is 13.7 Å². The van der Waals surface area contributed by atoms with E-state index in [1.54, 1.807) is 4.90 Å². The Hall–Kier alpha value is -3.15. The molecule has 5 rings (SSSR count). The Kier molecular flexibility index (Phi) is 6.65. The van der Waals surface area contributed by atoms with Crippen molar-refractivity contribution in [2.45, 2.75) is 81.4 Å². The van der Waals surface area contributed by atoms with Gasteiger partial charge in [0, 0.05) is 42.6 Å². The summed E-state index contributed by atoms with van der Waals surface area (Å²) in [5, 5.41) is 20.1. The number of H-pyrrole nitrogens is 1. The summed E-state index contributed by atoms with van der Waals surface area (Å²) in [7, 11) is 1.42. The second-order valence-corrected chi connectivity index (χ2v) is 10.9. The lowest BCUT2D eigenvalue weighted by molar-refractivity contribution is -0.186. The number of hydrogen-bond acceptors (Lipinski definition) is 6. The molecule has 12 heteroatoms. The van der Waals surface area contributed by atoms with Crippen molar-refractivity contribution >= 4 is 11.8 Å². The number of carbonyl (C=O) groups excluding carboxylic acids is 2. The molecule has 9 nitrogen and oxygen atoms in total. The highest BCUT2D eigenvalue weighted by molar-refractivity contribution is 5.94. The number of amides is 2. The number of aromatic amines is 1. The average Bonchev–Trinajstić information content (AvgIpc) is 3.46. The normalized spacial score (nSPS) is 26.7. The van der Waals surface area contributed by atoms with Gasteiger partial charge in [-0.1, -0.05) is 0 Å². The van der Waals surface area contributed by atoms with Gasteiger partial charge in [0.05, 0.1) is 19.0 Å². The Labute approximate surface area is 218 Å². The number of rotatable bonds is 6. The van der Waals surface area contributed by atoms with Crippen LogP contribution in [-0.4, -0.2) is 73.8 Å². The summed E-state index contributed by atoms with van der Waals surface area (Å²) in [6.07, 6.45) is 4.02. The third-order valence-electron chi connectivity index (χ3n) is 8.45. The van der Waals surface area contributed by atoms with E-state index in [1.807, 2.05) is 0 Å². The van der Waals surface area contributed by atoms with Crippen LogP contribution in [0.2, 0.25) is 0 Å². The average molecular weight is 536 g/mol. The molecule has 38 heavy (non-hydrogen) atoms. The van der Waals surface area contributed by atoms with Gasteiger partial charge >= 0.3 is 0 Å². The van der Waals surface area contributed by atoms with E-state index in [2.05, 4.69) is 20.5 Å². The maximum Gasteiger partial charge on any atom is 0.274 e. The highest BCUT2D eigenvalue weighted by Crippen LogP contribution is 2.50. The maximum atomic E-state index is 14.3. The van der Waals surface area contributed by atoms with Crippen LogP contribution in [0.1, 0.15) is 68.8 Å². The van der Waals surface area contributed by atoms with Crippen LogP contribution in [0.15, 0.2) is 18.3 Å². The van der Waals surface area contributed by atoms with Crippen LogP contribution < -0.4 is 10.1 Å². The molecule has 2 amide bonds. The molecule has 2 aliphatic carbocycles. The van der Waals surface area contributed by atoms with Gasteiger partial charge in [0.25, 0.3) is 11.8 Å². The second-order valence-electron chi connectivity index (χ2n) is 10.9. The molecule has 3 fully saturated rings. The zero-order chi connectivity index (χ0) is 27.3. The van der Waals surface area contributed by atoms with Crippen LogP contribution in [0.4, 0.5) is 13.2 Å². The van der Waals surface area contributed by atoms with Gasteiger partial charge in [0.15, 0.2) is 11.5 Å². The highest BCUT2D eigenvalue weighted by atomic mass is 19.3.